The number of ether oxygens (including phenoxy) is 1. The molecule has 0 unspecified atom stereocenters. The van der Waals surface area contributed by atoms with Gasteiger partial charge in [-0.2, -0.15) is 0 Å². The fraction of sp³-hybridized carbons (Fsp3) is 0.200. The smallest absolute Gasteiger partial charge is 0.405 e. The molecule has 1 aromatic rings. The molecule has 1 N–H and O–H groups in total. The van der Waals surface area contributed by atoms with Gasteiger partial charge < -0.3 is 10.1 Å². The van der Waals surface area contributed by atoms with Crippen LogP contribution in [-0.2, 0) is 0 Å². The Balaban J connectivity index is 2.79. The number of hydrogen-bond donors (Lipinski definition) is 1. The van der Waals surface area contributed by atoms with Gasteiger partial charge in [-0.3, -0.25) is 0 Å². The van der Waals surface area contributed by atoms with Crippen LogP contribution in [0, 0.1) is 0 Å². The van der Waals surface area contributed by atoms with E-state index in [1.807, 2.05) is 0 Å². The van der Waals surface area contributed by atoms with Gasteiger partial charge in [0.2, 0.25) is 0 Å². The van der Waals surface area contributed by atoms with Gasteiger partial charge in [-0.15, -0.1) is 19.8 Å². The van der Waals surface area contributed by atoms with Crippen LogP contribution in [0.1, 0.15) is 0 Å². The monoisotopic (exact) mass is 295 g/mol. The molecule has 0 amide bonds. The highest BCUT2D eigenvalue weighted by atomic mass is 79.9. The van der Waals surface area contributed by atoms with Gasteiger partial charge in [-0.1, -0.05) is 6.08 Å². The molecule has 0 spiro atoms. The molecule has 1 aromatic carbocycles. The van der Waals surface area contributed by atoms with Crippen molar-refractivity contribution in [2.75, 3.05) is 11.9 Å². The molecule has 1 rings (SSSR count). The van der Waals surface area contributed by atoms with Gasteiger partial charge in [0.25, 0.3) is 0 Å². The molecule has 0 aliphatic heterocycles. The summed E-state index contributed by atoms with van der Waals surface area (Å²) < 4.78 is 39.9. The second-order valence-corrected chi connectivity index (χ2v) is 3.72. The van der Waals surface area contributed by atoms with Crippen molar-refractivity contribution in [2.24, 2.45) is 0 Å². The molecule has 0 saturated heterocycles. The average molecular weight is 296 g/mol. The highest BCUT2D eigenvalue weighted by Crippen LogP contribution is 2.32. The summed E-state index contributed by atoms with van der Waals surface area (Å²) in [5.41, 5.74) is 0.682. The molecular weight excluding hydrogens is 287 g/mol. The Kier molecular flexibility index (Phi) is 4.23. The molecule has 0 heterocycles. The largest absolute Gasteiger partial charge is 0.573 e. The van der Waals surface area contributed by atoms with Crippen LogP contribution >= 0.6 is 15.9 Å². The van der Waals surface area contributed by atoms with Gasteiger partial charge in [-0.25, -0.2) is 0 Å². The predicted molar refractivity (Wildman–Crippen MR) is 59.5 cm³/mol. The van der Waals surface area contributed by atoms with E-state index < -0.39 is 6.36 Å². The molecule has 2 nitrogen and oxygen atoms in total. The summed E-state index contributed by atoms with van der Waals surface area (Å²) in [4.78, 5) is 0. The Morgan fingerprint density at radius 3 is 2.62 bits per heavy atom. The molecular formula is C10H9BrF3NO. The molecule has 0 atom stereocenters. The maximum atomic E-state index is 12.0. The van der Waals surface area contributed by atoms with E-state index in [0.29, 0.717) is 12.2 Å². The maximum Gasteiger partial charge on any atom is 0.573 e. The van der Waals surface area contributed by atoms with Gasteiger partial charge >= 0.3 is 6.36 Å². The first-order valence-corrected chi connectivity index (χ1v) is 5.12. The lowest BCUT2D eigenvalue weighted by molar-refractivity contribution is -0.274. The zero-order valence-electron chi connectivity index (χ0n) is 8.14. The minimum Gasteiger partial charge on any atom is -0.405 e. The normalized spacial score (nSPS) is 11.0. The maximum absolute atomic E-state index is 12.0. The van der Waals surface area contributed by atoms with Crippen molar-refractivity contribution < 1.29 is 17.9 Å². The van der Waals surface area contributed by atoms with Crippen molar-refractivity contribution >= 4 is 21.6 Å². The number of nitrogens with one attached hydrogen (secondary N) is 1. The van der Waals surface area contributed by atoms with Crippen molar-refractivity contribution in [3.8, 4) is 5.75 Å². The molecule has 16 heavy (non-hydrogen) atoms. The van der Waals surface area contributed by atoms with Crippen LogP contribution in [0.4, 0.5) is 18.9 Å². The van der Waals surface area contributed by atoms with Gasteiger partial charge in [-0.05, 0) is 34.1 Å². The van der Waals surface area contributed by atoms with Crippen molar-refractivity contribution in [3.63, 3.8) is 0 Å². The Labute approximate surface area is 99.2 Å². The van der Waals surface area contributed by atoms with E-state index >= 15 is 0 Å². The third-order valence-electron chi connectivity index (χ3n) is 1.61. The fourth-order valence-electron chi connectivity index (χ4n) is 1.01. The molecule has 0 aliphatic rings. The molecule has 0 aromatic heterocycles. The van der Waals surface area contributed by atoms with E-state index in [2.05, 4.69) is 32.6 Å². The van der Waals surface area contributed by atoms with Crippen LogP contribution in [0.15, 0.2) is 35.3 Å². The molecule has 0 fully saturated rings. The van der Waals surface area contributed by atoms with Gasteiger partial charge in [0, 0.05) is 12.2 Å². The predicted octanol–water partition coefficient (Wildman–Crippen LogP) is 3.95. The van der Waals surface area contributed by atoms with Gasteiger partial charge in [0.05, 0.1) is 4.47 Å². The van der Waals surface area contributed by atoms with E-state index in [4.69, 9.17) is 0 Å². The Morgan fingerprint density at radius 1 is 1.44 bits per heavy atom. The first kappa shape index (κ1) is 12.9. The van der Waals surface area contributed by atoms with Crippen LogP contribution < -0.4 is 10.1 Å². The quantitative estimate of drug-likeness (QED) is 0.850. The van der Waals surface area contributed by atoms with Crippen molar-refractivity contribution in [2.45, 2.75) is 6.36 Å². The molecule has 0 radical (unpaired) electrons. The van der Waals surface area contributed by atoms with E-state index in [0.717, 1.165) is 0 Å². The minimum absolute atomic E-state index is 0.235. The van der Waals surface area contributed by atoms with E-state index in [9.17, 15) is 13.2 Å². The number of halogens is 4. The highest BCUT2D eigenvalue weighted by molar-refractivity contribution is 9.10. The first-order chi connectivity index (χ1) is 7.42. The fourth-order valence-corrected chi connectivity index (χ4v) is 1.47. The Bertz CT molecular complexity index is 379. The van der Waals surface area contributed by atoms with Crippen molar-refractivity contribution in [1.29, 1.82) is 0 Å². The summed E-state index contributed by atoms with van der Waals surface area (Å²) >= 11 is 3.00. The summed E-state index contributed by atoms with van der Waals surface area (Å²) in [6.45, 7) is 4.05. The average Bonchev–Trinajstić information content (AvgIpc) is 2.17. The summed E-state index contributed by atoms with van der Waals surface area (Å²) in [5, 5.41) is 2.94. The number of hydrogen-bond acceptors (Lipinski definition) is 2. The van der Waals surface area contributed by atoms with Crippen LogP contribution in [0.3, 0.4) is 0 Å². The van der Waals surface area contributed by atoms with Crippen LogP contribution in [0.2, 0.25) is 0 Å². The summed E-state index contributed by atoms with van der Waals surface area (Å²) in [6, 6.07) is 4.24. The lowest BCUT2D eigenvalue weighted by Gasteiger charge is -2.11. The Morgan fingerprint density at radius 2 is 2.12 bits per heavy atom. The zero-order chi connectivity index (χ0) is 12.2. The molecule has 0 aliphatic carbocycles. The van der Waals surface area contributed by atoms with Crippen molar-refractivity contribution in [1.82, 2.24) is 0 Å². The third kappa shape index (κ3) is 4.14. The number of rotatable bonds is 4. The zero-order valence-corrected chi connectivity index (χ0v) is 9.73. The molecule has 88 valence electrons. The molecule has 0 saturated carbocycles. The highest BCUT2D eigenvalue weighted by Gasteiger charge is 2.31. The topological polar surface area (TPSA) is 21.3 Å². The number of anilines is 1. The second kappa shape index (κ2) is 5.25. The number of alkyl halides is 3. The third-order valence-corrected chi connectivity index (χ3v) is 2.23. The van der Waals surface area contributed by atoms with Crippen LogP contribution in [-0.4, -0.2) is 12.9 Å². The standard InChI is InChI=1S/C10H9BrF3NO/c1-2-5-15-7-3-4-9(8(11)6-7)16-10(12,13)14/h2-4,6,15H,1,5H2. The van der Waals surface area contributed by atoms with Gasteiger partial charge in [0.15, 0.2) is 0 Å². The summed E-state index contributed by atoms with van der Waals surface area (Å²) in [5.74, 6) is -0.267. The summed E-state index contributed by atoms with van der Waals surface area (Å²) in [7, 11) is 0. The van der Waals surface area contributed by atoms with E-state index in [1.165, 1.54) is 18.2 Å². The van der Waals surface area contributed by atoms with Crippen molar-refractivity contribution in [3.05, 3.63) is 35.3 Å². The SMILES string of the molecule is C=CCNc1ccc(OC(F)(F)F)c(Br)c1. The van der Waals surface area contributed by atoms with E-state index in [1.54, 1.807) is 6.08 Å². The summed E-state index contributed by atoms with van der Waals surface area (Å²) in [6.07, 6.45) is -3.04. The van der Waals surface area contributed by atoms with Gasteiger partial charge in [0.1, 0.15) is 5.75 Å². The Hall–Kier alpha value is -1.17. The van der Waals surface area contributed by atoms with Crippen LogP contribution in [0.25, 0.3) is 0 Å². The first-order valence-electron chi connectivity index (χ1n) is 4.32. The molecule has 0 bridgehead atoms. The lowest BCUT2D eigenvalue weighted by Crippen LogP contribution is -2.17. The second-order valence-electron chi connectivity index (χ2n) is 2.86. The minimum atomic E-state index is -4.68. The lowest BCUT2D eigenvalue weighted by atomic mass is 10.3. The number of benzene rings is 1. The molecule has 6 heteroatoms. The van der Waals surface area contributed by atoms with E-state index in [-0.39, 0.29) is 10.2 Å². The van der Waals surface area contributed by atoms with Crippen LogP contribution in [0.5, 0.6) is 5.75 Å².